The van der Waals surface area contributed by atoms with E-state index in [0.717, 1.165) is 20.4 Å². The van der Waals surface area contributed by atoms with E-state index in [2.05, 4.69) is 20.3 Å². The molecule has 0 aliphatic carbocycles. The van der Waals surface area contributed by atoms with E-state index >= 15 is 0 Å². The minimum absolute atomic E-state index is 0.779. The van der Waals surface area contributed by atoms with Crippen LogP contribution in [-0.2, 0) is 0 Å². The second-order valence-corrected chi connectivity index (χ2v) is 3.84. The van der Waals surface area contributed by atoms with Gasteiger partial charge < -0.3 is 5.73 Å². The van der Waals surface area contributed by atoms with Crippen LogP contribution in [0.25, 0.3) is 10.9 Å². The summed E-state index contributed by atoms with van der Waals surface area (Å²) in [6, 6.07) is 5.89. The van der Waals surface area contributed by atoms with Crippen molar-refractivity contribution < 1.29 is 0 Å². The van der Waals surface area contributed by atoms with Gasteiger partial charge in [0.05, 0.1) is 0 Å². The molecular formula is C7H5BrN2S. The second kappa shape index (κ2) is 2.46. The second-order valence-electron chi connectivity index (χ2n) is 2.18. The van der Waals surface area contributed by atoms with E-state index in [9.17, 15) is 0 Å². The third kappa shape index (κ3) is 1.02. The van der Waals surface area contributed by atoms with Crippen molar-refractivity contribution in [3.63, 3.8) is 0 Å². The van der Waals surface area contributed by atoms with Gasteiger partial charge in [-0.3, -0.25) is 0 Å². The van der Waals surface area contributed by atoms with Gasteiger partial charge in [-0.15, -0.1) is 0 Å². The summed E-state index contributed by atoms with van der Waals surface area (Å²) in [6.45, 7) is 0. The lowest BCUT2D eigenvalue weighted by molar-refractivity contribution is 1.63. The summed E-state index contributed by atoms with van der Waals surface area (Å²) >= 11 is 4.73. The van der Waals surface area contributed by atoms with E-state index in [1.807, 2.05) is 18.2 Å². The van der Waals surface area contributed by atoms with Crippen LogP contribution >= 0.6 is 27.5 Å². The Kier molecular flexibility index (Phi) is 1.58. The van der Waals surface area contributed by atoms with Crippen molar-refractivity contribution in [3.8, 4) is 0 Å². The maximum Gasteiger partial charge on any atom is 0.114 e. The number of benzene rings is 1. The summed E-state index contributed by atoms with van der Waals surface area (Å²) in [5, 5.41) is 1.81. The number of nitrogens with two attached hydrogens (primary N) is 1. The van der Waals surface area contributed by atoms with Gasteiger partial charge in [-0.2, -0.15) is 4.37 Å². The van der Waals surface area contributed by atoms with Crippen molar-refractivity contribution in [2.24, 2.45) is 0 Å². The van der Waals surface area contributed by atoms with Crippen LogP contribution in [0.5, 0.6) is 0 Å². The molecule has 2 N–H and O–H groups in total. The Balaban J connectivity index is 2.94. The molecule has 2 nitrogen and oxygen atoms in total. The number of anilines is 1. The first kappa shape index (κ1) is 7.06. The summed E-state index contributed by atoms with van der Waals surface area (Å²) in [5.74, 6) is 0. The van der Waals surface area contributed by atoms with Crippen LogP contribution < -0.4 is 5.73 Å². The Bertz CT molecular complexity index is 396. The maximum absolute atomic E-state index is 5.68. The summed E-state index contributed by atoms with van der Waals surface area (Å²) in [5.41, 5.74) is 6.63. The third-order valence-electron chi connectivity index (χ3n) is 1.49. The molecule has 11 heavy (non-hydrogen) atoms. The van der Waals surface area contributed by atoms with Gasteiger partial charge in [0.25, 0.3) is 0 Å². The normalized spacial score (nSPS) is 10.6. The van der Waals surface area contributed by atoms with Gasteiger partial charge in [0.15, 0.2) is 0 Å². The molecule has 0 radical (unpaired) electrons. The smallest absolute Gasteiger partial charge is 0.114 e. The zero-order valence-electron chi connectivity index (χ0n) is 5.54. The number of fused-ring (bicyclic) bond motifs is 1. The SMILES string of the molecule is Nc1snc2c(Br)cccc12. The highest BCUT2D eigenvalue weighted by Crippen LogP contribution is 2.29. The van der Waals surface area contributed by atoms with Crippen molar-refractivity contribution in [1.29, 1.82) is 0 Å². The summed E-state index contributed by atoms with van der Waals surface area (Å²) in [6.07, 6.45) is 0. The van der Waals surface area contributed by atoms with E-state index < -0.39 is 0 Å². The first-order valence-electron chi connectivity index (χ1n) is 3.08. The molecular weight excluding hydrogens is 224 g/mol. The highest BCUT2D eigenvalue weighted by atomic mass is 79.9. The molecule has 0 amide bonds. The minimum atomic E-state index is 0.779. The summed E-state index contributed by atoms with van der Waals surface area (Å²) < 4.78 is 5.19. The fourth-order valence-corrected chi connectivity index (χ4v) is 2.17. The molecule has 1 aromatic carbocycles. The number of rotatable bonds is 0. The van der Waals surface area contributed by atoms with Gasteiger partial charge in [-0.1, -0.05) is 6.07 Å². The lowest BCUT2D eigenvalue weighted by Gasteiger charge is -1.90. The van der Waals surface area contributed by atoms with E-state index in [1.165, 1.54) is 11.5 Å². The Hall–Kier alpha value is -0.610. The Morgan fingerprint density at radius 2 is 2.27 bits per heavy atom. The fourth-order valence-electron chi connectivity index (χ4n) is 0.951. The average Bonchev–Trinajstić information content (AvgIpc) is 2.35. The lowest BCUT2D eigenvalue weighted by atomic mass is 10.2. The zero-order chi connectivity index (χ0) is 7.84. The third-order valence-corrected chi connectivity index (χ3v) is 2.82. The molecule has 0 spiro atoms. The van der Waals surface area contributed by atoms with Crippen LogP contribution in [0.4, 0.5) is 5.00 Å². The molecule has 0 aliphatic heterocycles. The number of halogens is 1. The van der Waals surface area contributed by atoms with E-state index in [-0.39, 0.29) is 0 Å². The highest BCUT2D eigenvalue weighted by molar-refractivity contribution is 9.10. The van der Waals surface area contributed by atoms with Crippen molar-refractivity contribution >= 4 is 43.4 Å². The van der Waals surface area contributed by atoms with Crippen LogP contribution in [0.15, 0.2) is 22.7 Å². The van der Waals surface area contributed by atoms with Crippen LogP contribution in [0, 0.1) is 0 Å². The first-order valence-corrected chi connectivity index (χ1v) is 4.65. The molecule has 0 bridgehead atoms. The van der Waals surface area contributed by atoms with Crippen molar-refractivity contribution in [3.05, 3.63) is 22.7 Å². The van der Waals surface area contributed by atoms with Crippen molar-refractivity contribution in [2.45, 2.75) is 0 Å². The first-order chi connectivity index (χ1) is 5.29. The predicted octanol–water partition coefficient (Wildman–Crippen LogP) is 2.64. The van der Waals surface area contributed by atoms with E-state index in [1.54, 1.807) is 0 Å². The molecule has 0 saturated heterocycles. The van der Waals surface area contributed by atoms with Crippen LogP contribution in [0.3, 0.4) is 0 Å². The molecule has 2 rings (SSSR count). The van der Waals surface area contributed by atoms with E-state index in [0.29, 0.717) is 0 Å². The summed E-state index contributed by atoms with van der Waals surface area (Å²) in [7, 11) is 0. The quantitative estimate of drug-likeness (QED) is 0.754. The van der Waals surface area contributed by atoms with Crippen molar-refractivity contribution in [1.82, 2.24) is 4.37 Å². The fraction of sp³-hybridized carbons (Fsp3) is 0. The van der Waals surface area contributed by atoms with Crippen LogP contribution in [0.1, 0.15) is 0 Å². The molecule has 0 aliphatic rings. The molecule has 4 heteroatoms. The number of hydrogen-bond donors (Lipinski definition) is 1. The van der Waals surface area contributed by atoms with Crippen molar-refractivity contribution in [2.75, 3.05) is 5.73 Å². The van der Waals surface area contributed by atoms with Gasteiger partial charge in [0.2, 0.25) is 0 Å². The Labute approximate surface area is 76.3 Å². The van der Waals surface area contributed by atoms with Crippen LogP contribution in [0.2, 0.25) is 0 Å². The molecule has 0 atom stereocenters. The Morgan fingerprint density at radius 3 is 3.00 bits per heavy atom. The minimum Gasteiger partial charge on any atom is -0.389 e. The molecule has 56 valence electrons. The number of nitrogen functional groups attached to an aromatic ring is 1. The molecule has 1 aromatic heterocycles. The number of hydrogen-bond acceptors (Lipinski definition) is 3. The molecule has 0 fully saturated rings. The zero-order valence-corrected chi connectivity index (χ0v) is 7.95. The molecule has 2 aromatic rings. The monoisotopic (exact) mass is 228 g/mol. The average molecular weight is 229 g/mol. The van der Waals surface area contributed by atoms with Gasteiger partial charge in [-0.05, 0) is 39.6 Å². The molecule has 1 heterocycles. The number of aromatic nitrogens is 1. The summed E-state index contributed by atoms with van der Waals surface area (Å²) in [4.78, 5) is 0. The lowest BCUT2D eigenvalue weighted by Crippen LogP contribution is -1.77. The number of nitrogens with zero attached hydrogens (tertiary/aromatic N) is 1. The Morgan fingerprint density at radius 1 is 1.45 bits per heavy atom. The maximum atomic E-state index is 5.68. The predicted molar refractivity (Wildman–Crippen MR) is 51.7 cm³/mol. The topological polar surface area (TPSA) is 38.9 Å². The van der Waals surface area contributed by atoms with Gasteiger partial charge in [-0.25, -0.2) is 0 Å². The molecule has 0 unspecified atom stereocenters. The van der Waals surface area contributed by atoms with E-state index in [4.69, 9.17) is 5.73 Å². The van der Waals surface area contributed by atoms with Crippen LogP contribution in [-0.4, -0.2) is 4.37 Å². The standard InChI is InChI=1S/C7H5BrN2S/c8-5-3-1-2-4-6(5)10-11-7(4)9/h1-3H,9H2. The largest absolute Gasteiger partial charge is 0.389 e. The van der Waals surface area contributed by atoms with Gasteiger partial charge in [0.1, 0.15) is 10.5 Å². The highest BCUT2D eigenvalue weighted by Gasteiger charge is 2.03. The van der Waals surface area contributed by atoms with Gasteiger partial charge >= 0.3 is 0 Å². The molecule has 0 saturated carbocycles. The van der Waals surface area contributed by atoms with Gasteiger partial charge in [0, 0.05) is 9.86 Å².